The Morgan fingerprint density at radius 3 is 2.61 bits per heavy atom. The Bertz CT molecular complexity index is 811. The maximum Gasteiger partial charge on any atom is 0.257 e. The number of hydrogen-bond acceptors (Lipinski definition) is 4. The molecule has 2 fully saturated rings. The van der Waals surface area contributed by atoms with E-state index >= 15 is 0 Å². The summed E-state index contributed by atoms with van der Waals surface area (Å²) in [5, 5.41) is 11.4. The molecule has 6 nitrogen and oxygen atoms in total. The molecule has 2 saturated heterocycles. The number of aryl methyl sites for hydroxylation is 1. The molecule has 0 saturated carbocycles. The van der Waals surface area contributed by atoms with Gasteiger partial charge in [-0.25, -0.2) is 0 Å². The van der Waals surface area contributed by atoms with E-state index in [0.717, 1.165) is 61.0 Å². The molecular weight excluding hydrogens is 397 g/mol. The predicted octanol–water partition coefficient (Wildman–Crippen LogP) is 3.22. The number of piperazine rings is 1. The molecule has 0 unspecified atom stereocenters. The van der Waals surface area contributed by atoms with E-state index in [-0.39, 0.29) is 18.3 Å². The topological polar surface area (TPSA) is 64.3 Å². The van der Waals surface area contributed by atoms with Crippen LogP contribution in [0.1, 0.15) is 40.4 Å². The van der Waals surface area contributed by atoms with Gasteiger partial charge in [-0.2, -0.15) is 5.10 Å². The third-order valence-corrected chi connectivity index (χ3v) is 5.96. The number of nitrogens with zero attached hydrogens (tertiary/aromatic N) is 3. The van der Waals surface area contributed by atoms with E-state index in [4.69, 9.17) is 11.6 Å². The van der Waals surface area contributed by atoms with Crippen LogP contribution in [0.25, 0.3) is 0 Å². The second kappa shape index (κ2) is 9.16. The van der Waals surface area contributed by atoms with Crippen LogP contribution in [-0.2, 0) is 0 Å². The summed E-state index contributed by atoms with van der Waals surface area (Å²) < 4.78 is 0. The largest absolute Gasteiger partial charge is 0.368 e. The van der Waals surface area contributed by atoms with Crippen LogP contribution in [0, 0.1) is 6.92 Å². The summed E-state index contributed by atoms with van der Waals surface area (Å²) in [6, 6.07) is 5.98. The average molecular weight is 424 g/mol. The number of anilines is 1. The van der Waals surface area contributed by atoms with Gasteiger partial charge in [-0.05, 0) is 50.6 Å². The lowest BCUT2D eigenvalue weighted by Crippen LogP contribution is -2.49. The van der Waals surface area contributed by atoms with Gasteiger partial charge >= 0.3 is 0 Å². The van der Waals surface area contributed by atoms with Crippen LogP contribution < -0.4 is 10.2 Å². The van der Waals surface area contributed by atoms with Crippen molar-refractivity contribution in [2.24, 2.45) is 0 Å². The van der Waals surface area contributed by atoms with E-state index in [9.17, 15) is 4.79 Å². The Labute approximate surface area is 177 Å². The second-order valence-corrected chi connectivity index (χ2v) is 7.87. The molecule has 1 aromatic carbocycles. The first-order chi connectivity index (χ1) is 13.1. The molecule has 2 aromatic rings. The summed E-state index contributed by atoms with van der Waals surface area (Å²) in [5.74, 6) is 0.489. The normalized spacial score (nSPS) is 18.1. The number of H-pyrrole nitrogens is 1. The molecule has 4 rings (SSSR count). The first kappa shape index (κ1) is 21.0. The van der Waals surface area contributed by atoms with Crippen LogP contribution in [0.5, 0.6) is 0 Å². The molecule has 2 aliphatic rings. The number of piperidine rings is 1. The third-order valence-electron chi connectivity index (χ3n) is 5.73. The first-order valence-electron chi connectivity index (χ1n) is 9.68. The minimum Gasteiger partial charge on any atom is -0.368 e. The average Bonchev–Trinajstić information content (AvgIpc) is 3.20. The van der Waals surface area contributed by atoms with Crippen molar-refractivity contribution < 1.29 is 4.79 Å². The van der Waals surface area contributed by atoms with Crippen molar-refractivity contribution >= 4 is 35.6 Å². The predicted molar refractivity (Wildman–Crippen MR) is 115 cm³/mol. The smallest absolute Gasteiger partial charge is 0.257 e. The molecule has 152 valence electrons. The van der Waals surface area contributed by atoms with Crippen LogP contribution in [0.15, 0.2) is 24.4 Å². The van der Waals surface area contributed by atoms with Crippen LogP contribution in [-0.4, -0.2) is 60.3 Å². The van der Waals surface area contributed by atoms with E-state index in [2.05, 4.69) is 27.3 Å². The Morgan fingerprint density at radius 1 is 1.18 bits per heavy atom. The second-order valence-electron chi connectivity index (χ2n) is 7.43. The van der Waals surface area contributed by atoms with Crippen LogP contribution >= 0.6 is 24.0 Å². The number of hydrogen-bond donors (Lipinski definition) is 2. The number of nitrogens with one attached hydrogen (secondary N) is 2. The first-order valence-corrected chi connectivity index (χ1v) is 10.1. The number of aromatic nitrogens is 2. The van der Waals surface area contributed by atoms with Crippen molar-refractivity contribution in [2.45, 2.75) is 25.7 Å². The van der Waals surface area contributed by atoms with Crippen molar-refractivity contribution in [3.8, 4) is 0 Å². The van der Waals surface area contributed by atoms with Gasteiger partial charge in [0.15, 0.2) is 0 Å². The summed E-state index contributed by atoms with van der Waals surface area (Å²) in [6.45, 7) is 7.13. The Hall–Kier alpha value is -1.76. The van der Waals surface area contributed by atoms with Gasteiger partial charge in [-0.3, -0.25) is 9.89 Å². The van der Waals surface area contributed by atoms with Gasteiger partial charge in [0.05, 0.1) is 17.5 Å². The maximum absolute atomic E-state index is 13.1. The molecule has 0 bridgehead atoms. The fourth-order valence-corrected chi connectivity index (χ4v) is 4.30. The van der Waals surface area contributed by atoms with Crippen molar-refractivity contribution in [1.82, 2.24) is 20.4 Å². The molecule has 0 radical (unpaired) electrons. The van der Waals surface area contributed by atoms with Gasteiger partial charge < -0.3 is 15.1 Å². The monoisotopic (exact) mass is 423 g/mol. The Balaban J connectivity index is 0.00000225. The highest BCUT2D eigenvalue weighted by atomic mass is 35.5. The molecule has 0 atom stereocenters. The van der Waals surface area contributed by atoms with Crippen molar-refractivity contribution in [3.05, 3.63) is 46.2 Å². The minimum atomic E-state index is 0. The van der Waals surface area contributed by atoms with Gasteiger partial charge in [0.1, 0.15) is 0 Å². The zero-order valence-corrected chi connectivity index (χ0v) is 17.7. The van der Waals surface area contributed by atoms with E-state index in [1.54, 1.807) is 6.20 Å². The molecule has 3 heterocycles. The van der Waals surface area contributed by atoms with Crippen molar-refractivity contribution in [2.75, 3.05) is 44.2 Å². The lowest BCUT2D eigenvalue weighted by Gasteiger charge is -2.37. The Morgan fingerprint density at radius 2 is 1.89 bits per heavy atom. The summed E-state index contributed by atoms with van der Waals surface area (Å²) in [4.78, 5) is 17.4. The molecule has 28 heavy (non-hydrogen) atoms. The molecule has 2 aliphatic heterocycles. The molecule has 0 aliphatic carbocycles. The third kappa shape index (κ3) is 4.29. The number of aromatic amines is 1. The van der Waals surface area contributed by atoms with Crippen molar-refractivity contribution in [1.29, 1.82) is 0 Å². The summed E-state index contributed by atoms with van der Waals surface area (Å²) in [7, 11) is 0. The number of benzene rings is 1. The van der Waals surface area contributed by atoms with E-state index in [0.29, 0.717) is 19.0 Å². The summed E-state index contributed by atoms with van der Waals surface area (Å²) in [6.07, 6.45) is 3.79. The Kier molecular flexibility index (Phi) is 6.86. The quantitative estimate of drug-likeness (QED) is 0.794. The van der Waals surface area contributed by atoms with Crippen LogP contribution in [0.4, 0.5) is 5.69 Å². The van der Waals surface area contributed by atoms with Gasteiger partial charge in [-0.1, -0.05) is 17.7 Å². The fraction of sp³-hybridized carbons (Fsp3) is 0.500. The van der Waals surface area contributed by atoms with E-state index in [1.165, 1.54) is 5.56 Å². The number of carbonyl (C=O) groups is 1. The fourth-order valence-electron chi connectivity index (χ4n) is 4.13. The van der Waals surface area contributed by atoms with Crippen LogP contribution in [0.2, 0.25) is 5.02 Å². The molecule has 0 spiro atoms. The molecule has 1 amide bonds. The van der Waals surface area contributed by atoms with Gasteiger partial charge in [-0.15, -0.1) is 12.4 Å². The zero-order chi connectivity index (χ0) is 18.8. The summed E-state index contributed by atoms with van der Waals surface area (Å²) >= 11 is 6.17. The highest BCUT2D eigenvalue weighted by Gasteiger charge is 2.28. The minimum absolute atomic E-state index is 0. The molecule has 8 heteroatoms. The number of carbonyl (C=O) groups excluding carboxylic acids is 1. The SMILES string of the molecule is Cc1ccc(Cl)cc1N1CCN(C(=O)c2cn[nH]c2C2CCNCC2)CC1.Cl. The van der Waals surface area contributed by atoms with Crippen LogP contribution in [0.3, 0.4) is 0 Å². The zero-order valence-electron chi connectivity index (χ0n) is 16.1. The van der Waals surface area contributed by atoms with Gasteiger partial charge in [0.25, 0.3) is 5.91 Å². The molecule has 2 N–H and O–H groups in total. The van der Waals surface area contributed by atoms with E-state index < -0.39 is 0 Å². The lowest BCUT2D eigenvalue weighted by molar-refractivity contribution is 0.0745. The summed E-state index contributed by atoms with van der Waals surface area (Å²) in [5.41, 5.74) is 4.12. The molecular formula is C20H27Cl2N5O. The highest BCUT2D eigenvalue weighted by Crippen LogP contribution is 2.28. The number of rotatable bonds is 3. The lowest BCUT2D eigenvalue weighted by atomic mass is 9.92. The van der Waals surface area contributed by atoms with Gasteiger partial charge in [0.2, 0.25) is 0 Å². The van der Waals surface area contributed by atoms with Crippen molar-refractivity contribution in [3.63, 3.8) is 0 Å². The van der Waals surface area contributed by atoms with Gasteiger partial charge in [0, 0.05) is 42.8 Å². The standard InChI is InChI=1S/C20H26ClN5O.ClH/c1-14-2-3-16(21)12-18(14)25-8-10-26(11-9-25)20(27)17-13-23-24-19(17)15-4-6-22-7-5-15;/h2-3,12-13,15,22H,4-11H2,1H3,(H,23,24);1H. The molecule has 1 aromatic heterocycles. The van der Waals surface area contributed by atoms with E-state index in [1.807, 2.05) is 23.1 Å². The maximum atomic E-state index is 13.1. The number of halogens is 2. The number of amides is 1. The highest BCUT2D eigenvalue weighted by molar-refractivity contribution is 6.30.